The van der Waals surface area contributed by atoms with Gasteiger partial charge >= 0.3 is 6.09 Å². The molecule has 3 rings (SSSR count). The second kappa shape index (κ2) is 10.1. The number of benzene rings is 1. The summed E-state index contributed by atoms with van der Waals surface area (Å²) in [6.07, 6.45) is 2.17. The highest BCUT2D eigenvalue weighted by Crippen LogP contribution is 2.28. The molecule has 0 spiro atoms. The third-order valence-corrected chi connectivity index (χ3v) is 5.67. The molecule has 0 radical (unpaired) electrons. The third-order valence-electron chi connectivity index (χ3n) is 5.67. The zero-order valence-electron chi connectivity index (χ0n) is 20.9. The molecule has 8 heteroatoms. The quantitative estimate of drug-likeness (QED) is 0.682. The first kappa shape index (κ1) is 25.0. The molecular formula is C26H33N5O3. The third kappa shape index (κ3) is 5.66. The number of pyridine rings is 1. The van der Waals surface area contributed by atoms with Crippen molar-refractivity contribution in [2.45, 2.75) is 39.7 Å². The Bertz CT molecular complexity index is 1110. The molecule has 180 valence electrons. The Labute approximate surface area is 201 Å². The number of aryl methyl sites for hydroxylation is 1. The van der Waals surface area contributed by atoms with E-state index in [-0.39, 0.29) is 12.0 Å². The van der Waals surface area contributed by atoms with E-state index >= 15 is 0 Å². The molecule has 0 saturated carbocycles. The molecule has 0 N–H and O–H groups in total. The number of amides is 2. The predicted octanol–water partition coefficient (Wildman–Crippen LogP) is 3.94. The molecule has 1 fully saturated rings. The number of nitrogens with zero attached hydrogens (tertiary/aromatic N) is 5. The molecule has 2 heterocycles. The molecule has 1 saturated heterocycles. The summed E-state index contributed by atoms with van der Waals surface area (Å²) in [6, 6.07) is 9.84. The van der Waals surface area contributed by atoms with Crippen molar-refractivity contribution in [2.75, 3.05) is 45.2 Å². The number of anilines is 1. The highest BCUT2D eigenvalue weighted by Gasteiger charge is 2.27. The summed E-state index contributed by atoms with van der Waals surface area (Å²) in [5.74, 6) is 0.588. The van der Waals surface area contributed by atoms with E-state index < -0.39 is 5.60 Å². The maximum absolute atomic E-state index is 12.5. The van der Waals surface area contributed by atoms with E-state index in [1.165, 1.54) is 0 Å². The lowest BCUT2D eigenvalue weighted by Crippen LogP contribution is -2.50. The van der Waals surface area contributed by atoms with Crippen LogP contribution in [-0.4, -0.2) is 72.7 Å². The van der Waals surface area contributed by atoms with E-state index in [9.17, 15) is 14.9 Å². The second-order valence-electron chi connectivity index (χ2n) is 9.59. The second-order valence-corrected chi connectivity index (χ2v) is 9.59. The standard InChI is InChI=1S/C26H33N5O3/c1-7-18-14-19(8-9-22(18)24(32)29(5)6)21-15-20(16-27)23(28-17-21)30-10-12-31(13-11-30)25(33)34-26(2,3)4/h8-9,14-15,17H,7,10-13H2,1-6H3. The van der Waals surface area contributed by atoms with Crippen LogP contribution in [-0.2, 0) is 11.2 Å². The van der Waals surface area contributed by atoms with Crippen molar-refractivity contribution in [3.63, 3.8) is 0 Å². The Balaban J connectivity index is 1.79. The van der Waals surface area contributed by atoms with Gasteiger partial charge in [-0.1, -0.05) is 19.1 Å². The molecule has 2 amide bonds. The van der Waals surface area contributed by atoms with E-state index in [0.29, 0.717) is 43.1 Å². The maximum Gasteiger partial charge on any atom is 0.410 e. The van der Waals surface area contributed by atoms with Crippen LogP contribution in [0.4, 0.5) is 10.6 Å². The van der Waals surface area contributed by atoms with Crippen molar-refractivity contribution >= 4 is 17.8 Å². The number of carbonyl (C=O) groups excluding carboxylic acids is 2. The maximum atomic E-state index is 12.5. The van der Waals surface area contributed by atoms with Crippen LogP contribution in [0.3, 0.4) is 0 Å². The minimum Gasteiger partial charge on any atom is -0.444 e. The molecule has 34 heavy (non-hydrogen) atoms. The van der Waals surface area contributed by atoms with Gasteiger partial charge in [0, 0.05) is 57.6 Å². The van der Waals surface area contributed by atoms with Crippen LogP contribution in [0.5, 0.6) is 0 Å². The molecular weight excluding hydrogens is 430 g/mol. The summed E-state index contributed by atoms with van der Waals surface area (Å²) >= 11 is 0. The number of carbonyl (C=O) groups is 2. The monoisotopic (exact) mass is 463 g/mol. The lowest BCUT2D eigenvalue weighted by atomic mass is 9.97. The van der Waals surface area contributed by atoms with Crippen LogP contribution in [0.2, 0.25) is 0 Å². The number of ether oxygens (including phenoxy) is 1. The van der Waals surface area contributed by atoms with Gasteiger partial charge in [-0.3, -0.25) is 4.79 Å². The van der Waals surface area contributed by atoms with E-state index in [1.807, 2.05) is 56.9 Å². The van der Waals surface area contributed by atoms with Crippen LogP contribution in [0.25, 0.3) is 11.1 Å². The lowest BCUT2D eigenvalue weighted by Gasteiger charge is -2.36. The predicted molar refractivity (Wildman–Crippen MR) is 132 cm³/mol. The lowest BCUT2D eigenvalue weighted by molar-refractivity contribution is 0.0240. The van der Waals surface area contributed by atoms with E-state index in [4.69, 9.17) is 4.74 Å². The first-order valence-electron chi connectivity index (χ1n) is 11.5. The topological polar surface area (TPSA) is 89.8 Å². The fourth-order valence-corrected chi connectivity index (χ4v) is 3.89. The zero-order chi connectivity index (χ0) is 25.0. The molecule has 1 aromatic heterocycles. The number of hydrogen-bond donors (Lipinski definition) is 0. The van der Waals surface area contributed by atoms with Crippen molar-refractivity contribution < 1.29 is 14.3 Å². The van der Waals surface area contributed by atoms with Gasteiger partial charge in [0.2, 0.25) is 0 Å². The largest absolute Gasteiger partial charge is 0.444 e. The van der Waals surface area contributed by atoms with Gasteiger partial charge in [0.05, 0.1) is 5.56 Å². The first-order chi connectivity index (χ1) is 16.0. The SMILES string of the molecule is CCc1cc(-c2cnc(N3CCN(C(=O)OC(C)(C)C)CC3)c(C#N)c2)ccc1C(=O)N(C)C. The first-order valence-corrected chi connectivity index (χ1v) is 11.5. The van der Waals surface area contributed by atoms with Crippen molar-refractivity contribution in [3.8, 4) is 17.2 Å². The summed E-state index contributed by atoms with van der Waals surface area (Å²) in [5, 5.41) is 9.82. The normalized spacial score (nSPS) is 13.9. The van der Waals surface area contributed by atoms with Gasteiger partial charge in [-0.15, -0.1) is 0 Å². The van der Waals surface area contributed by atoms with Gasteiger partial charge in [0.25, 0.3) is 5.91 Å². The Kier molecular flexibility index (Phi) is 7.45. The van der Waals surface area contributed by atoms with Crippen LogP contribution in [0.15, 0.2) is 30.5 Å². The van der Waals surface area contributed by atoms with Crippen molar-refractivity contribution in [2.24, 2.45) is 0 Å². The van der Waals surface area contributed by atoms with Gasteiger partial charge in [-0.2, -0.15) is 5.26 Å². The minimum absolute atomic E-state index is 0.0277. The zero-order valence-corrected chi connectivity index (χ0v) is 20.9. The van der Waals surface area contributed by atoms with Gasteiger partial charge < -0.3 is 19.4 Å². The van der Waals surface area contributed by atoms with Crippen molar-refractivity contribution in [1.29, 1.82) is 5.26 Å². The summed E-state index contributed by atoms with van der Waals surface area (Å²) in [4.78, 5) is 34.7. The van der Waals surface area contributed by atoms with Crippen LogP contribution < -0.4 is 4.90 Å². The molecule has 0 aliphatic carbocycles. The van der Waals surface area contributed by atoms with Crippen molar-refractivity contribution in [1.82, 2.24) is 14.8 Å². The Hall–Kier alpha value is -3.60. The average molecular weight is 464 g/mol. The fraction of sp³-hybridized carbons (Fsp3) is 0.462. The van der Waals surface area contributed by atoms with E-state index in [1.54, 1.807) is 30.1 Å². The van der Waals surface area contributed by atoms with Crippen LogP contribution in [0.1, 0.15) is 49.2 Å². The van der Waals surface area contributed by atoms with Gasteiger partial charge in [0.1, 0.15) is 17.5 Å². The van der Waals surface area contributed by atoms with Crippen molar-refractivity contribution in [3.05, 3.63) is 47.2 Å². The molecule has 1 aliphatic heterocycles. The van der Waals surface area contributed by atoms with E-state index in [2.05, 4.69) is 11.1 Å². The highest BCUT2D eigenvalue weighted by molar-refractivity contribution is 5.96. The molecule has 0 unspecified atom stereocenters. The van der Waals surface area contributed by atoms with E-state index in [0.717, 1.165) is 23.1 Å². The highest BCUT2D eigenvalue weighted by atomic mass is 16.6. The number of rotatable bonds is 4. The summed E-state index contributed by atoms with van der Waals surface area (Å²) in [5.41, 5.74) is 3.33. The smallest absolute Gasteiger partial charge is 0.410 e. The molecule has 1 aromatic carbocycles. The van der Waals surface area contributed by atoms with Gasteiger partial charge in [0.15, 0.2) is 0 Å². The Morgan fingerprint density at radius 1 is 1.12 bits per heavy atom. The number of piperazine rings is 1. The molecule has 0 bridgehead atoms. The van der Waals surface area contributed by atoms with Gasteiger partial charge in [-0.25, -0.2) is 9.78 Å². The minimum atomic E-state index is -0.533. The molecule has 2 aromatic rings. The summed E-state index contributed by atoms with van der Waals surface area (Å²) in [7, 11) is 3.48. The Morgan fingerprint density at radius 3 is 2.35 bits per heavy atom. The summed E-state index contributed by atoms with van der Waals surface area (Å²) in [6.45, 7) is 9.72. The number of hydrogen-bond acceptors (Lipinski definition) is 6. The Morgan fingerprint density at radius 2 is 1.79 bits per heavy atom. The number of aromatic nitrogens is 1. The molecule has 0 atom stereocenters. The summed E-state index contributed by atoms with van der Waals surface area (Å²) < 4.78 is 5.46. The molecule has 8 nitrogen and oxygen atoms in total. The fourth-order valence-electron chi connectivity index (χ4n) is 3.89. The van der Waals surface area contributed by atoms with Gasteiger partial charge in [-0.05, 0) is 50.5 Å². The average Bonchev–Trinajstić information content (AvgIpc) is 2.81. The van der Waals surface area contributed by atoms with Crippen LogP contribution in [0, 0.1) is 11.3 Å². The van der Waals surface area contributed by atoms with Crippen LogP contribution >= 0.6 is 0 Å². The number of nitriles is 1. The molecule has 1 aliphatic rings.